The zero-order valence-corrected chi connectivity index (χ0v) is 15.7. The Labute approximate surface area is 152 Å². The van der Waals surface area contributed by atoms with Gasteiger partial charge in [0.25, 0.3) is 0 Å². The number of carbonyl (C=O) groups is 1. The maximum absolute atomic E-state index is 13.7. The number of amides is 1. The van der Waals surface area contributed by atoms with Crippen LogP contribution in [0.4, 0.5) is 10.1 Å². The molecule has 0 atom stereocenters. The van der Waals surface area contributed by atoms with Gasteiger partial charge in [0.15, 0.2) is 11.5 Å². The third-order valence-corrected chi connectivity index (χ3v) is 4.65. The van der Waals surface area contributed by atoms with Gasteiger partial charge in [-0.2, -0.15) is 0 Å². The molecule has 0 aromatic heterocycles. The third-order valence-electron chi connectivity index (χ3n) is 3.17. The Kier molecular flexibility index (Phi) is 6.93. The number of thioether (sulfide) groups is 1. The molecule has 0 saturated heterocycles. The van der Waals surface area contributed by atoms with E-state index in [-0.39, 0.29) is 17.5 Å². The molecule has 0 aliphatic heterocycles. The lowest BCUT2D eigenvalue weighted by Gasteiger charge is -2.10. The largest absolute Gasteiger partial charge is 0.493 e. The highest BCUT2D eigenvalue weighted by Gasteiger charge is 2.09. The van der Waals surface area contributed by atoms with Crippen LogP contribution >= 0.6 is 27.7 Å². The fraction of sp³-hybridized carbons (Fsp3) is 0.235. The summed E-state index contributed by atoms with van der Waals surface area (Å²) >= 11 is 4.56. The molecule has 1 N–H and O–H groups in total. The number of halogens is 2. The minimum absolute atomic E-state index is 0.162. The van der Waals surface area contributed by atoms with Crippen molar-refractivity contribution in [2.24, 2.45) is 0 Å². The molecule has 1 amide bonds. The van der Waals surface area contributed by atoms with Crippen LogP contribution in [0, 0.1) is 5.82 Å². The van der Waals surface area contributed by atoms with Gasteiger partial charge in [-0.25, -0.2) is 4.39 Å². The molecule has 128 valence electrons. The van der Waals surface area contributed by atoms with E-state index in [0.29, 0.717) is 33.0 Å². The molecule has 0 bridgehead atoms. The van der Waals surface area contributed by atoms with Crippen LogP contribution < -0.4 is 14.8 Å². The summed E-state index contributed by atoms with van der Waals surface area (Å²) in [7, 11) is 3.08. The first kappa shape index (κ1) is 18.6. The second-order valence-electron chi connectivity index (χ2n) is 4.85. The summed E-state index contributed by atoms with van der Waals surface area (Å²) in [6.07, 6.45) is 0. The maximum Gasteiger partial charge on any atom is 0.234 e. The predicted octanol–water partition coefficient (Wildman–Crippen LogP) is 4.48. The van der Waals surface area contributed by atoms with E-state index < -0.39 is 0 Å². The van der Waals surface area contributed by atoms with Crippen molar-refractivity contribution in [1.29, 1.82) is 0 Å². The van der Waals surface area contributed by atoms with Gasteiger partial charge in [0.2, 0.25) is 5.91 Å². The average Bonchev–Trinajstić information content (AvgIpc) is 2.56. The molecule has 0 aliphatic rings. The van der Waals surface area contributed by atoms with Crippen molar-refractivity contribution in [1.82, 2.24) is 0 Å². The third kappa shape index (κ3) is 5.14. The number of nitrogens with one attached hydrogen (secondary N) is 1. The van der Waals surface area contributed by atoms with E-state index in [9.17, 15) is 9.18 Å². The zero-order chi connectivity index (χ0) is 17.5. The van der Waals surface area contributed by atoms with E-state index >= 15 is 0 Å². The van der Waals surface area contributed by atoms with E-state index in [1.54, 1.807) is 37.4 Å². The fourth-order valence-electron chi connectivity index (χ4n) is 2.00. The minimum Gasteiger partial charge on any atom is -0.493 e. The van der Waals surface area contributed by atoms with Crippen molar-refractivity contribution >= 4 is 39.3 Å². The molecule has 24 heavy (non-hydrogen) atoms. The number of hydrogen-bond donors (Lipinski definition) is 1. The lowest BCUT2D eigenvalue weighted by atomic mass is 10.2. The summed E-state index contributed by atoms with van der Waals surface area (Å²) in [6.45, 7) is 0. The summed E-state index contributed by atoms with van der Waals surface area (Å²) in [5, 5.41) is 2.78. The number of carbonyl (C=O) groups excluding carboxylic acids is 1. The number of rotatable bonds is 7. The topological polar surface area (TPSA) is 47.6 Å². The Morgan fingerprint density at radius 1 is 1.17 bits per heavy atom. The van der Waals surface area contributed by atoms with Gasteiger partial charge in [-0.1, -0.05) is 22.0 Å². The summed E-state index contributed by atoms with van der Waals surface area (Å²) in [5.74, 6) is 1.35. The summed E-state index contributed by atoms with van der Waals surface area (Å²) in [5.41, 5.74) is 1.19. The van der Waals surface area contributed by atoms with E-state index in [2.05, 4.69) is 21.2 Å². The molecule has 0 aliphatic carbocycles. The highest BCUT2D eigenvalue weighted by atomic mass is 79.9. The minimum atomic E-state index is -0.280. The average molecular weight is 414 g/mol. The smallest absolute Gasteiger partial charge is 0.234 e. The normalized spacial score (nSPS) is 10.3. The summed E-state index contributed by atoms with van der Waals surface area (Å²) < 4.78 is 24.7. The van der Waals surface area contributed by atoms with Crippen molar-refractivity contribution in [2.45, 2.75) is 5.75 Å². The van der Waals surface area contributed by atoms with Crippen molar-refractivity contribution in [3.8, 4) is 11.5 Å². The van der Waals surface area contributed by atoms with Gasteiger partial charge in [0.1, 0.15) is 5.82 Å². The standard InChI is InChI=1S/C17H17BrFNO3S/c1-22-15-6-5-13(8-16(15)23-2)20-17(21)10-24-9-11-3-4-12(18)7-14(11)19/h3-8H,9-10H2,1-2H3,(H,20,21). The molecule has 7 heteroatoms. The number of hydrogen-bond acceptors (Lipinski definition) is 4. The van der Waals surface area contributed by atoms with Gasteiger partial charge in [-0.3, -0.25) is 4.79 Å². The second-order valence-corrected chi connectivity index (χ2v) is 6.75. The molecule has 0 radical (unpaired) electrons. The molecule has 0 fully saturated rings. The van der Waals surface area contributed by atoms with Gasteiger partial charge in [-0.15, -0.1) is 11.8 Å². The van der Waals surface area contributed by atoms with Gasteiger partial charge in [-0.05, 0) is 29.8 Å². The van der Waals surface area contributed by atoms with Crippen LogP contribution in [0.25, 0.3) is 0 Å². The Hall–Kier alpha value is -1.73. The SMILES string of the molecule is COc1ccc(NC(=O)CSCc2ccc(Br)cc2F)cc1OC. The molecule has 0 saturated carbocycles. The Morgan fingerprint density at radius 3 is 2.58 bits per heavy atom. The Morgan fingerprint density at radius 2 is 1.92 bits per heavy atom. The highest BCUT2D eigenvalue weighted by Crippen LogP contribution is 2.29. The first-order valence-electron chi connectivity index (χ1n) is 7.07. The molecule has 2 rings (SSSR count). The van der Waals surface area contributed by atoms with E-state index in [4.69, 9.17) is 9.47 Å². The quantitative estimate of drug-likeness (QED) is 0.726. The van der Waals surface area contributed by atoms with E-state index in [0.717, 1.165) is 0 Å². The lowest BCUT2D eigenvalue weighted by molar-refractivity contribution is -0.113. The lowest BCUT2D eigenvalue weighted by Crippen LogP contribution is -2.14. The van der Waals surface area contributed by atoms with Crippen molar-refractivity contribution in [3.05, 3.63) is 52.3 Å². The van der Waals surface area contributed by atoms with Crippen molar-refractivity contribution in [3.63, 3.8) is 0 Å². The molecule has 2 aromatic rings. The highest BCUT2D eigenvalue weighted by molar-refractivity contribution is 9.10. The summed E-state index contributed by atoms with van der Waals surface area (Å²) in [4.78, 5) is 12.0. The van der Waals surface area contributed by atoms with Crippen molar-refractivity contribution < 1.29 is 18.7 Å². The fourth-order valence-corrected chi connectivity index (χ4v) is 3.15. The Balaban J connectivity index is 1.87. The van der Waals surface area contributed by atoms with E-state index in [1.165, 1.54) is 24.9 Å². The van der Waals surface area contributed by atoms with Crippen LogP contribution in [0.1, 0.15) is 5.56 Å². The monoisotopic (exact) mass is 413 g/mol. The van der Waals surface area contributed by atoms with Crippen LogP contribution in [0.3, 0.4) is 0 Å². The van der Waals surface area contributed by atoms with Crippen LogP contribution in [-0.2, 0) is 10.5 Å². The predicted molar refractivity (Wildman–Crippen MR) is 98.4 cm³/mol. The van der Waals surface area contributed by atoms with Gasteiger partial charge in [0.05, 0.1) is 20.0 Å². The molecular weight excluding hydrogens is 397 g/mol. The summed E-state index contributed by atoms with van der Waals surface area (Å²) in [6, 6.07) is 10.0. The number of ether oxygens (including phenoxy) is 2. The van der Waals surface area contributed by atoms with Crippen LogP contribution in [-0.4, -0.2) is 25.9 Å². The number of methoxy groups -OCH3 is 2. The zero-order valence-electron chi connectivity index (χ0n) is 13.3. The number of anilines is 1. The van der Waals surface area contributed by atoms with Crippen LogP contribution in [0.15, 0.2) is 40.9 Å². The van der Waals surface area contributed by atoms with Gasteiger partial charge >= 0.3 is 0 Å². The van der Waals surface area contributed by atoms with Crippen LogP contribution in [0.5, 0.6) is 11.5 Å². The first-order valence-corrected chi connectivity index (χ1v) is 9.02. The first-order chi connectivity index (χ1) is 11.5. The van der Waals surface area contributed by atoms with E-state index in [1.807, 2.05) is 0 Å². The van der Waals surface area contributed by atoms with Gasteiger partial charge in [0, 0.05) is 22.0 Å². The molecule has 4 nitrogen and oxygen atoms in total. The molecule has 0 heterocycles. The van der Waals surface area contributed by atoms with Crippen LogP contribution in [0.2, 0.25) is 0 Å². The van der Waals surface area contributed by atoms with Gasteiger partial charge < -0.3 is 14.8 Å². The Bertz CT molecular complexity index is 727. The number of benzene rings is 2. The molecule has 0 unspecified atom stereocenters. The maximum atomic E-state index is 13.7. The second kappa shape index (κ2) is 8.94. The van der Waals surface area contributed by atoms with Crippen molar-refractivity contribution in [2.75, 3.05) is 25.3 Å². The molecule has 2 aromatic carbocycles. The molecular formula is C17H17BrFNO3S. The molecule has 0 spiro atoms.